The molecule has 0 radical (unpaired) electrons. The summed E-state index contributed by atoms with van der Waals surface area (Å²) < 4.78 is 16.7. The lowest BCUT2D eigenvalue weighted by Crippen LogP contribution is -2.30. The fraction of sp³-hybridized carbons (Fsp3) is 0.941. The molecule has 6 nitrogen and oxygen atoms in total. The molecule has 6 heteroatoms. The van der Waals surface area contributed by atoms with E-state index in [1.54, 1.807) is 0 Å². The van der Waals surface area contributed by atoms with Crippen LogP contribution in [0, 0.1) is 0 Å². The molecule has 0 amide bonds. The van der Waals surface area contributed by atoms with Crippen molar-refractivity contribution in [1.29, 1.82) is 0 Å². The fourth-order valence-electron chi connectivity index (χ4n) is 7.74. The van der Waals surface area contributed by atoms with Gasteiger partial charge in [0.25, 0.3) is 0 Å². The third-order valence-corrected chi connectivity index (χ3v) is 11.6. The first-order chi connectivity index (χ1) is 28.0. The summed E-state index contributed by atoms with van der Waals surface area (Å²) in [5.74, 6) is -0.850. The number of esters is 3. The molecule has 0 saturated heterocycles. The smallest absolute Gasteiger partial charge is 0.306 e. The quantitative estimate of drug-likeness (QED) is 0.0346. The zero-order valence-electron chi connectivity index (χ0n) is 38.6. The molecule has 0 saturated carbocycles. The number of hydrogen-bond donors (Lipinski definition) is 0. The number of hydrogen-bond acceptors (Lipinski definition) is 6. The highest BCUT2D eigenvalue weighted by Crippen LogP contribution is 2.17. The maximum atomic E-state index is 12.7. The van der Waals surface area contributed by atoms with Crippen LogP contribution in [0.3, 0.4) is 0 Å². The molecule has 0 aliphatic heterocycles. The van der Waals surface area contributed by atoms with E-state index in [0.717, 1.165) is 57.8 Å². The predicted molar refractivity (Wildman–Crippen MR) is 243 cm³/mol. The van der Waals surface area contributed by atoms with Gasteiger partial charge in [0.1, 0.15) is 13.2 Å². The normalized spacial score (nSPS) is 11.8. The summed E-state index contributed by atoms with van der Waals surface area (Å²) in [6.45, 7) is 6.64. The first-order valence-electron chi connectivity index (χ1n) is 25.5. The monoisotopic (exact) mass is 807 g/mol. The Balaban J connectivity index is 4.15. The van der Waals surface area contributed by atoms with Gasteiger partial charge in [0.2, 0.25) is 0 Å². The second-order valence-corrected chi connectivity index (χ2v) is 17.5. The fourth-order valence-corrected chi connectivity index (χ4v) is 7.74. The van der Waals surface area contributed by atoms with Crippen LogP contribution in [-0.2, 0) is 28.6 Å². The van der Waals surface area contributed by atoms with Gasteiger partial charge in [-0.3, -0.25) is 14.4 Å². The lowest BCUT2D eigenvalue weighted by molar-refractivity contribution is -0.167. The van der Waals surface area contributed by atoms with E-state index in [0.29, 0.717) is 19.3 Å². The predicted octanol–water partition coefficient (Wildman–Crippen LogP) is 16.4. The third kappa shape index (κ3) is 45.3. The van der Waals surface area contributed by atoms with E-state index in [-0.39, 0.29) is 31.1 Å². The molecule has 0 spiro atoms. The molecule has 338 valence electrons. The number of rotatable bonds is 47. The van der Waals surface area contributed by atoms with E-state index in [1.807, 2.05) is 0 Å². The molecule has 0 aromatic rings. The van der Waals surface area contributed by atoms with Crippen LogP contribution < -0.4 is 0 Å². The molecule has 0 bridgehead atoms. The zero-order valence-corrected chi connectivity index (χ0v) is 38.6. The van der Waals surface area contributed by atoms with Crippen molar-refractivity contribution in [2.75, 3.05) is 13.2 Å². The molecule has 0 N–H and O–H groups in total. The van der Waals surface area contributed by atoms with Gasteiger partial charge in [0, 0.05) is 19.3 Å². The highest BCUT2D eigenvalue weighted by atomic mass is 16.6. The van der Waals surface area contributed by atoms with Crippen LogP contribution in [0.15, 0.2) is 0 Å². The van der Waals surface area contributed by atoms with E-state index in [2.05, 4.69) is 20.8 Å². The summed E-state index contributed by atoms with van der Waals surface area (Å²) >= 11 is 0. The maximum Gasteiger partial charge on any atom is 0.306 e. The van der Waals surface area contributed by atoms with Crippen molar-refractivity contribution in [2.24, 2.45) is 0 Å². The van der Waals surface area contributed by atoms with Gasteiger partial charge in [0.15, 0.2) is 6.10 Å². The average molecular weight is 807 g/mol. The minimum absolute atomic E-state index is 0.0624. The molecule has 0 aromatic heterocycles. The molecule has 1 unspecified atom stereocenters. The third-order valence-electron chi connectivity index (χ3n) is 11.6. The van der Waals surface area contributed by atoms with Gasteiger partial charge in [-0.25, -0.2) is 0 Å². The second kappa shape index (κ2) is 47.1. The van der Waals surface area contributed by atoms with Crippen molar-refractivity contribution < 1.29 is 28.6 Å². The highest BCUT2D eigenvalue weighted by Gasteiger charge is 2.19. The van der Waals surface area contributed by atoms with Crippen molar-refractivity contribution in [1.82, 2.24) is 0 Å². The standard InChI is InChI=1S/C51H98O6/c1-4-7-10-13-16-19-21-22-23-24-25-26-27-28-29-31-32-35-38-41-44-50(53)56-47-48(46-55-49(52)43-40-37-34-18-15-12-9-6-3)57-51(54)45-42-39-36-33-30-20-17-14-11-8-5-2/h48H,4-47H2,1-3H3. The Morgan fingerprint density at radius 2 is 0.474 bits per heavy atom. The van der Waals surface area contributed by atoms with Crippen LogP contribution in [-0.4, -0.2) is 37.2 Å². The summed E-state index contributed by atoms with van der Waals surface area (Å²) in [7, 11) is 0. The average Bonchev–Trinajstić information content (AvgIpc) is 3.21. The number of carbonyl (C=O) groups is 3. The van der Waals surface area contributed by atoms with Crippen LogP contribution in [0.4, 0.5) is 0 Å². The second-order valence-electron chi connectivity index (χ2n) is 17.5. The summed E-state index contributed by atoms with van der Waals surface area (Å²) in [5, 5.41) is 0. The van der Waals surface area contributed by atoms with Crippen LogP contribution in [0.25, 0.3) is 0 Å². The summed E-state index contributed by atoms with van der Waals surface area (Å²) in [6, 6.07) is 0. The number of ether oxygens (including phenoxy) is 3. The Labute approximate surface area is 355 Å². The minimum Gasteiger partial charge on any atom is -0.462 e. The Kier molecular flexibility index (Phi) is 45.8. The molecule has 0 heterocycles. The Bertz CT molecular complexity index is 844. The van der Waals surface area contributed by atoms with E-state index in [1.165, 1.54) is 193 Å². The molecule has 0 fully saturated rings. The summed E-state index contributed by atoms with van der Waals surface area (Å²) in [5.41, 5.74) is 0. The van der Waals surface area contributed by atoms with Crippen molar-refractivity contribution >= 4 is 17.9 Å². The first kappa shape index (κ1) is 55.4. The van der Waals surface area contributed by atoms with Crippen molar-refractivity contribution in [3.63, 3.8) is 0 Å². The summed E-state index contributed by atoms with van der Waals surface area (Å²) in [6.07, 6.45) is 49.6. The van der Waals surface area contributed by atoms with Crippen molar-refractivity contribution in [3.05, 3.63) is 0 Å². The van der Waals surface area contributed by atoms with Gasteiger partial charge in [-0.05, 0) is 19.3 Å². The molecule has 0 aromatic carbocycles. The molecular formula is C51H98O6. The Morgan fingerprint density at radius 3 is 0.702 bits per heavy atom. The molecule has 0 rings (SSSR count). The van der Waals surface area contributed by atoms with Crippen LogP contribution in [0.2, 0.25) is 0 Å². The van der Waals surface area contributed by atoms with Gasteiger partial charge in [-0.15, -0.1) is 0 Å². The number of unbranched alkanes of at least 4 members (excludes halogenated alkanes) is 36. The Morgan fingerprint density at radius 1 is 0.281 bits per heavy atom. The van der Waals surface area contributed by atoms with E-state index in [9.17, 15) is 14.4 Å². The van der Waals surface area contributed by atoms with Gasteiger partial charge < -0.3 is 14.2 Å². The summed E-state index contributed by atoms with van der Waals surface area (Å²) in [4.78, 5) is 37.7. The first-order valence-corrected chi connectivity index (χ1v) is 25.5. The van der Waals surface area contributed by atoms with E-state index < -0.39 is 6.10 Å². The molecule has 57 heavy (non-hydrogen) atoms. The van der Waals surface area contributed by atoms with Gasteiger partial charge in [0.05, 0.1) is 0 Å². The largest absolute Gasteiger partial charge is 0.462 e. The van der Waals surface area contributed by atoms with E-state index >= 15 is 0 Å². The molecule has 1 atom stereocenters. The van der Waals surface area contributed by atoms with Crippen molar-refractivity contribution in [3.8, 4) is 0 Å². The highest BCUT2D eigenvalue weighted by molar-refractivity contribution is 5.71. The lowest BCUT2D eigenvalue weighted by Gasteiger charge is -2.18. The van der Waals surface area contributed by atoms with Crippen LogP contribution in [0.1, 0.15) is 290 Å². The SMILES string of the molecule is CCCCCCCCCCCCCCCCCCCCCCC(=O)OCC(COC(=O)CCCCCCCCCC)OC(=O)CCCCCCCCCCCCC. The minimum atomic E-state index is -0.758. The van der Waals surface area contributed by atoms with Gasteiger partial charge in [-0.2, -0.15) is 0 Å². The molecule has 0 aliphatic carbocycles. The van der Waals surface area contributed by atoms with E-state index in [4.69, 9.17) is 14.2 Å². The van der Waals surface area contributed by atoms with Crippen LogP contribution >= 0.6 is 0 Å². The van der Waals surface area contributed by atoms with Crippen LogP contribution in [0.5, 0.6) is 0 Å². The number of carbonyl (C=O) groups excluding carboxylic acids is 3. The van der Waals surface area contributed by atoms with Gasteiger partial charge >= 0.3 is 17.9 Å². The maximum absolute atomic E-state index is 12.7. The lowest BCUT2D eigenvalue weighted by atomic mass is 10.0. The topological polar surface area (TPSA) is 78.9 Å². The van der Waals surface area contributed by atoms with Crippen molar-refractivity contribution in [2.45, 2.75) is 297 Å². The molecule has 0 aliphatic rings. The van der Waals surface area contributed by atoms with Gasteiger partial charge in [-0.1, -0.05) is 252 Å². The molecular weight excluding hydrogens is 709 g/mol. The zero-order chi connectivity index (χ0) is 41.5. The Hall–Kier alpha value is -1.59.